The van der Waals surface area contributed by atoms with Gasteiger partial charge < -0.3 is 14.5 Å². The average molecular weight is 472 g/mol. The Morgan fingerprint density at radius 2 is 1.61 bits per heavy atom. The lowest BCUT2D eigenvalue weighted by atomic mass is 10.1. The summed E-state index contributed by atoms with van der Waals surface area (Å²) in [6.07, 6.45) is 0.867. The highest BCUT2D eigenvalue weighted by atomic mass is 32.2. The lowest BCUT2D eigenvalue weighted by molar-refractivity contribution is -0.136. The van der Waals surface area contributed by atoms with Gasteiger partial charge in [0.1, 0.15) is 0 Å². The van der Waals surface area contributed by atoms with E-state index >= 15 is 0 Å². The van der Waals surface area contributed by atoms with Crippen molar-refractivity contribution in [2.75, 3.05) is 42.5 Å². The molecule has 2 amide bonds. The number of amides is 2. The zero-order chi connectivity index (χ0) is 23.6. The van der Waals surface area contributed by atoms with Crippen LogP contribution in [0.4, 0.5) is 11.4 Å². The van der Waals surface area contributed by atoms with Crippen molar-refractivity contribution in [3.05, 3.63) is 53.1 Å². The van der Waals surface area contributed by atoms with E-state index in [4.69, 9.17) is 4.74 Å². The van der Waals surface area contributed by atoms with E-state index in [1.807, 2.05) is 19.9 Å². The fourth-order valence-corrected chi connectivity index (χ4v) is 5.46. The van der Waals surface area contributed by atoms with Crippen LogP contribution < -0.4 is 9.62 Å². The molecule has 0 aromatic heterocycles. The molecule has 1 fully saturated rings. The Balaban J connectivity index is 1.42. The van der Waals surface area contributed by atoms with Crippen LogP contribution in [0.5, 0.6) is 0 Å². The summed E-state index contributed by atoms with van der Waals surface area (Å²) in [6, 6.07) is 10.4. The molecule has 2 aromatic rings. The zero-order valence-corrected chi connectivity index (χ0v) is 19.8. The summed E-state index contributed by atoms with van der Waals surface area (Å²) in [7, 11) is -3.75. The number of fused-ring (bicyclic) bond motifs is 1. The topological polar surface area (TPSA) is 96.0 Å². The lowest BCUT2D eigenvalue weighted by Crippen LogP contribution is -2.41. The van der Waals surface area contributed by atoms with E-state index in [0.717, 1.165) is 16.7 Å². The molecular formula is C24H29N3O5S. The summed E-state index contributed by atoms with van der Waals surface area (Å²) in [5, 5.41) is 0. The summed E-state index contributed by atoms with van der Waals surface area (Å²) in [6.45, 7) is 6.50. The second-order valence-corrected chi connectivity index (χ2v) is 10.2. The van der Waals surface area contributed by atoms with Crippen molar-refractivity contribution < 1.29 is 22.7 Å². The Morgan fingerprint density at radius 1 is 0.939 bits per heavy atom. The van der Waals surface area contributed by atoms with E-state index in [-0.39, 0.29) is 29.6 Å². The van der Waals surface area contributed by atoms with E-state index < -0.39 is 10.0 Å². The second-order valence-electron chi connectivity index (χ2n) is 8.56. The molecule has 2 heterocycles. The first-order valence-electron chi connectivity index (χ1n) is 11.1. The number of carbonyl (C=O) groups excluding carboxylic acids is 2. The number of morpholine rings is 1. The van der Waals surface area contributed by atoms with Crippen LogP contribution in [0, 0.1) is 13.8 Å². The van der Waals surface area contributed by atoms with Gasteiger partial charge in [-0.1, -0.05) is 6.07 Å². The van der Waals surface area contributed by atoms with Crippen LogP contribution in [0.2, 0.25) is 0 Å². The maximum absolute atomic E-state index is 12.9. The number of hydrogen-bond donors (Lipinski definition) is 1. The van der Waals surface area contributed by atoms with E-state index in [1.165, 1.54) is 6.07 Å². The molecule has 0 radical (unpaired) electrons. The fraction of sp³-hybridized carbons (Fsp3) is 0.417. The molecule has 2 aliphatic heterocycles. The van der Waals surface area contributed by atoms with E-state index in [2.05, 4.69) is 4.72 Å². The Kier molecular flexibility index (Phi) is 6.71. The lowest BCUT2D eigenvalue weighted by Gasteiger charge is -2.27. The van der Waals surface area contributed by atoms with Gasteiger partial charge in [-0.15, -0.1) is 0 Å². The molecule has 0 bridgehead atoms. The van der Waals surface area contributed by atoms with E-state index in [9.17, 15) is 18.0 Å². The summed E-state index contributed by atoms with van der Waals surface area (Å²) in [5.74, 6) is -0.163. The molecule has 0 spiro atoms. The third-order valence-corrected chi connectivity index (χ3v) is 7.33. The third kappa shape index (κ3) is 5.36. The fourth-order valence-electron chi connectivity index (χ4n) is 4.37. The quantitative estimate of drug-likeness (QED) is 0.699. The smallest absolute Gasteiger partial charge is 0.261 e. The number of nitrogens with one attached hydrogen (secondary N) is 1. The molecule has 33 heavy (non-hydrogen) atoms. The number of sulfonamides is 1. The van der Waals surface area contributed by atoms with Gasteiger partial charge in [-0.05, 0) is 67.3 Å². The van der Waals surface area contributed by atoms with Crippen LogP contribution in [0.3, 0.4) is 0 Å². The SMILES string of the molecule is Cc1cc(C)cc(NS(=O)(=O)c2ccc3c(c2)CCN3C(=O)CCC(=O)N2CCOCC2)c1. The van der Waals surface area contributed by atoms with Crippen LogP contribution in [0.25, 0.3) is 0 Å². The summed E-state index contributed by atoms with van der Waals surface area (Å²) in [4.78, 5) is 28.7. The van der Waals surface area contributed by atoms with Gasteiger partial charge in [0.15, 0.2) is 0 Å². The van der Waals surface area contributed by atoms with Crippen molar-refractivity contribution in [3.8, 4) is 0 Å². The Labute approximate surface area is 194 Å². The third-order valence-electron chi connectivity index (χ3n) is 5.95. The highest BCUT2D eigenvalue weighted by molar-refractivity contribution is 7.92. The van der Waals surface area contributed by atoms with Crippen molar-refractivity contribution in [1.82, 2.24) is 4.90 Å². The predicted molar refractivity (Wildman–Crippen MR) is 126 cm³/mol. The first-order chi connectivity index (χ1) is 15.7. The van der Waals surface area contributed by atoms with Crippen molar-refractivity contribution in [1.29, 1.82) is 0 Å². The molecule has 176 valence electrons. The van der Waals surface area contributed by atoms with Crippen LogP contribution in [-0.2, 0) is 30.8 Å². The minimum Gasteiger partial charge on any atom is -0.378 e. The van der Waals surface area contributed by atoms with Crippen molar-refractivity contribution in [2.45, 2.75) is 38.0 Å². The molecule has 0 saturated carbocycles. The molecule has 1 saturated heterocycles. The maximum Gasteiger partial charge on any atom is 0.261 e. The first-order valence-corrected chi connectivity index (χ1v) is 12.6. The Bertz CT molecular complexity index is 1150. The van der Waals surface area contributed by atoms with Crippen LogP contribution in [0.15, 0.2) is 41.3 Å². The normalized spacial score (nSPS) is 15.9. The largest absolute Gasteiger partial charge is 0.378 e. The Morgan fingerprint density at radius 3 is 2.30 bits per heavy atom. The van der Waals surface area contributed by atoms with Gasteiger partial charge in [0, 0.05) is 43.9 Å². The number of benzene rings is 2. The predicted octanol–water partition coefficient (Wildman–Crippen LogP) is 2.63. The average Bonchev–Trinajstić information content (AvgIpc) is 3.20. The summed E-state index contributed by atoms with van der Waals surface area (Å²) >= 11 is 0. The van der Waals surface area contributed by atoms with Crippen LogP contribution in [-0.4, -0.2) is 58.0 Å². The van der Waals surface area contributed by atoms with Crippen LogP contribution >= 0.6 is 0 Å². The number of carbonyl (C=O) groups is 2. The van der Waals surface area contributed by atoms with Gasteiger partial charge >= 0.3 is 0 Å². The molecule has 8 nitrogen and oxygen atoms in total. The number of aryl methyl sites for hydroxylation is 2. The van der Waals surface area contributed by atoms with E-state index in [1.54, 1.807) is 34.1 Å². The number of rotatable bonds is 6. The second kappa shape index (κ2) is 9.52. The number of anilines is 2. The molecule has 9 heteroatoms. The van der Waals surface area contributed by atoms with Gasteiger partial charge in [0.2, 0.25) is 11.8 Å². The van der Waals surface area contributed by atoms with Gasteiger partial charge in [-0.3, -0.25) is 14.3 Å². The van der Waals surface area contributed by atoms with Gasteiger partial charge in [0.05, 0.1) is 18.1 Å². The molecular weight excluding hydrogens is 442 g/mol. The summed E-state index contributed by atoms with van der Waals surface area (Å²) in [5.41, 5.74) is 4.00. The number of ether oxygens (including phenoxy) is 1. The molecule has 0 unspecified atom stereocenters. The van der Waals surface area contributed by atoms with Crippen molar-refractivity contribution in [2.24, 2.45) is 0 Å². The molecule has 1 N–H and O–H groups in total. The zero-order valence-electron chi connectivity index (χ0n) is 19.0. The molecule has 4 rings (SSSR count). The molecule has 0 atom stereocenters. The maximum atomic E-state index is 12.9. The highest BCUT2D eigenvalue weighted by Gasteiger charge is 2.27. The molecule has 0 aliphatic carbocycles. The molecule has 2 aliphatic rings. The standard InChI is InChI=1S/C24H29N3O5S/c1-17-13-18(2)15-20(14-17)25-33(30,31)21-3-4-22-19(16-21)7-8-27(22)24(29)6-5-23(28)26-9-11-32-12-10-26/h3-4,13-16,25H,5-12H2,1-2H3. The molecule has 2 aromatic carbocycles. The van der Waals surface area contributed by atoms with Gasteiger partial charge in [-0.25, -0.2) is 8.42 Å². The van der Waals surface area contributed by atoms with Crippen molar-refractivity contribution in [3.63, 3.8) is 0 Å². The van der Waals surface area contributed by atoms with Crippen molar-refractivity contribution >= 4 is 33.2 Å². The number of hydrogen-bond acceptors (Lipinski definition) is 5. The first kappa shape index (κ1) is 23.3. The highest BCUT2D eigenvalue weighted by Crippen LogP contribution is 2.31. The number of nitrogens with zero attached hydrogens (tertiary/aromatic N) is 2. The monoisotopic (exact) mass is 471 g/mol. The Hall–Kier alpha value is -2.91. The van der Waals surface area contributed by atoms with Gasteiger partial charge in [-0.2, -0.15) is 0 Å². The minimum absolute atomic E-state index is 0.0371. The van der Waals surface area contributed by atoms with Crippen LogP contribution in [0.1, 0.15) is 29.5 Å². The van der Waals surface area contributed by atoms with E-state index in [0.29, 0.717) is 50.6 Å². The summed E-state index contributed by atoms with van der Waals surface area (Å²) < 4.78 is 33.8. The van der Waals surface area contributed by atoms with Gasteiger partial charge in [0.25, 0.3) is 10.0 Å². The minimum atomic E-state index is -3.75.